The van der Waals surface area contributed by atoms with Crippen molar-refractivity contribution in [1.82, 2.24) is 9.80 Å². The molecule has 23 heavy (non-hydrogen) atoms. The van der Waals surface area contributed by atoms with E-state index in [1.165, 1.54) is 9.80 Å². The molecular weight excluding hydrogens is 333 g/mol. The zero-order valence-corrected chi connectivity index (χ0v) is 13.4. The first-order valence-electron chi connectivity index (χ1n) is 7.09. The quantitative estimate of drug-likeness (QED) is 0.824. The number of carbonyl (C=O) groups excluding carboxylic acids is 2. The lowest BCUT2D eigenvalue weighted by Crippen LogP contribution is -2.57. The Bertz CT molecular complexity index is 634. The Morgan fingerprint density at radius 1 is 1.35 bits per heavy atom. The summed E-state index contributed by atoms with van der Waals surface area (Å²) in [4.78, 5) is 27.6. The molecule has 0 spiro atoms. The maximum atomic E-state index is 12.8. The second-order valence-corrected chi connectivity index (χ2v) is 5.78. The second-order valence-electron chi connectivity index (χ2n) is 5.37. The van der Waals surface area contributed by atoms with Crippen molar-refractivity contribution < 1.29 is 22.8 Å². The first-order chi connectivity index (χ1) is 10.7. The van der Waals surface area contributed by atoms with E-state index in [2.05, 4.69) is 0 Å². The third-order valence-electron chi connectivity index (χ3n) is 3.89. The van der Waals surface area contributed by atoms with Crippen LogP contribution in [0.15, 0.2) is 18.2 Å². The Morgan fingerprint density at radius 3 is 2.57 bits per heavy atom. The Hall–Kier alpha value is -1.76. The summed E-state index contributed by atoms with van der Waals surface area (Å²) in [5, 5.41) is -0.0655. The Balaban J connectivity index is 2.38. The lowest BCUT2D eigenvalue weighted by atomic mass is 10.0. The van der Waals surface area contributed by atoms with Crippen LogP contribution in [0, 0.1) is 0 Å². The van der Waals surface area contributed by atoms with Crippen LogP contribution in [-0.2, 0) is 11.0 Å². The largest absolute Gasteiger partial charge is 0.416 e. The highest BCUT2D eigenvalue weighted by Gasteiger charge is 2.37. The molecule has 1 saturated heterocycles. The molecule has 1 aromatic rings. The Morgan fingerprint density at radius 2 is 2.00 bits per heavy atom. The van der Waals surface area contributed by atoms with Crippen LogP contribution in [0.1, 0.15) is 29.3 Å². The number of alkyl halides is 3. The monoisotopic (exact) mass is 348 g/mol. The van der Waals surface area contributed by atoms with Crippen LogP contribution in [0.2, 0.25) is 5.02 Å². The van der Waals surface area contributed by atoms with Crippen molar-refractivity contribution in [2.45, 2.75) is 25.6 Å². The molecular formula is C15H16ClF3N2O2. The maximum Gasteiger partial charge on any atom is 0.416 e. The summed E-state index contributed by atoms with van der Waals surface area (Å²) < 4.78 is 38.5. The number of carbonyl (C=O) groups is 2. The van der Waals surface area contributed by atoms with E-state index in [0.717, 1.165) is 18.2 Å². The van der Waals surface area contributed by atoms with Crippen LogP contribution in [0.5, 0.6) is 0 Å². The van der Waals surface area contributed by atoms with Gasteiger partial charge in [0.15, 0.2) is 0 Å². The standard InChI is InChI=1S/C15H16ClF3N2O2/c1-3-12-14(23)20(2)6-7-21(12)13(22)10-8-9(15(17,18)19)4-5-11(10)16/h4-5,8,12H,3,6-7H2,1-2H3/t12-/m1/s1. The van der Waals surface area contributed by atoms with Gasteiger partial charge < -0.3 is 9.80 Å². The van der Waals surface area contributed by atoms with Gasteiger partial charge in [0, 0.05) is 20.1 Å². The number of halogens is 4. The average Bonchev–Trinajstić information content (AvgIpc) is 2.48. The topological polar surface area (TPSA) is 40.6 Å². The second kappa shape index (κ2) is 6.39. The zero-order chi connectivity index (χ0) is 17.4. The number of benzene rings is 1. The van der Waals surface area contributed by atoms with E-state index in [9.17, 15) is 22.8 Å². The highest BCUT2D eigenvalue weighted by molar-refractivity contribution is 6.33. The normalized spacial score (nSPS) is 19.2. The van der Waals surface area contributed by atoms with E-state index >= 15 is 0 Å². The van der Waals surface area contributed by atoms with Crippen LogP contribution in [-0.4, -0.2) is 47.8 Å². The zero-order valence-electron chi connectivity index (χ0n) is 12.7. The van der Waals surface area contributed by atoms with Gasteiger partial charge in [-0.2, -0.15) is 13.2 Å². The SMILES string of the molecule is CC[C@@H]1C(=O)N(C)CCN1C(=O)c1cc(C(F)(F)F)ccc1Cl. The first kappa shape index (κ1) is 17.6. The molecule has 0 aliphatic carbocycles. The van der Waals surface area contributed by atoms with Crippen LogP contribution in [0.4, 0.5) is 13.2 Å². The molecule has 1 fully saturated rings. The summed E-state index contributed by atoms with van der Waals surface area (Å²) in [6.45, 7) is 2.33. The molecule has 2 amide bonds. The molecule has 0 saturated carbocycles. The maximum absolute atomic E-state index is 12.8. The fraction of sp³-hybridized carbons (Fsp3) is 0.467. The van der Waals surface area contributed by atoms with Gasteiger partial charge in [0.25, 0.3) is 5.91 Å². The van der Waals surface area contributed by atoms with Gasteiger partial charge in [0.05, 0.1) is 16.1 Å². The van der Waals surface area contributed by atoms with Crippen molar-refractivity contribution >= 4 is 23.4 Å². The van der Waals surface area contributed by atoms with E-state index in [4.69, 9.17) is 11.6 Å². The molecule has 0 N–H and O–H groups in total. The predicted octanol–water partition coefficient (Wildman–Crippen LogP) is 3.05. The van der Waals surface area contributed by atoms with E-state index in [1.54, 1.807) is 14.0 Å². The lowest BCUT2D eigenvalue weighted by Gasteiger charge is -2.39. The van der Waals surface area contributed by atoms with Crippen molar-refractivity contribution in [1.29, 1.82) is 0 Å². The third-order valence-corrected chi connectivity index (χ3v) is 4.22. The van der Waals surface area contributed by atoms with E-state index in [0.29, 0.717) is 13.0 Å². The molecule has 0 bridgehead atoms. The van der Waals surface area contributed by atoms with E-state index in [1.807, 2.05) is 0 Å². The smallest absolute Gasteiger partial charge is 0.342 e. The van der Waals surface area contributed by atoms with Gasteiger partial charge >= 0.3 is 6.18 Å². The minimum Gasteiger partial charge on any atom is -0.342 e. The van der Waals surface area contributed by atoms with E-state index in [-0.39, 0.29) is 23.0 Å². The van der Waals surface area contributed by atoms with Crippen LogP contribution >= 0.6 is 11.6 Å². The number of piperazine rings is 1. The van der Waals surface area contributed by atoms with Gasteiger partial charge in [-0.3, -0.25) is 9.59 Å². The van der Waals surface area contributed by atoms with Crippen LogP contribution in [0.3, 0.4) is 0 Å². The summed E-state index contributed by atoms with van der Waals surface area (Å²) in [5.74, 6) is -0.885. The molecule has 1 atom stereocenters. The summed E-state index contributed by atoms with van der Waals surface area (Å²) >= 11 is 5.91. The van der Waals surface area contributed by atoms with Crippen molar-refractivity contribution in [2.75, 3.05) is 20.1 Å². The summed E-state index contributed by atoms with van der Waals surface area (Å²) in [5.41, 5.74) is -1.18. The van der Waals surface area contributed by atoms with Gasteiger partial charge in [-0.15, -0.1) is 0 Å². The summed E-state index contributed by atoms with van der Waals surface area (Å²) in [6, 6.07) is 1.93. The van der Waals surface area contributed by atoms with Gasteiger partial charge in [-0.05, 0) is 24.6 Å². The van der Waals surface area contributed by atoms with Crippen molar-refractivity contribution in [3.05, 3.63) is 34.3 Å². The number of hydrogen-bond donors (Lipinski definition) is 0. The van der Waals surface area contributed by atoms with Crippen molar-refractivity contribution in [3.63, 3.8) is 0 Å². The average molecular weight is 349 g/mol. The van der Waals surface area contributed by atoms with Crippen molar-refractivity contribution in [3.8, 4) is 0 Å². The molecule has 4 nitrogen and oxygen atoms in total. The number of nitrogens with zero attached hydrogens (tertiary/aromatic N) is 2. The minimum atomic E-state index is -4.57. The molecule has 126 valence electrons. The molecule has 2 rings (SSSR count). The van der Waals surface area contributed by atoms with E-state index < -0.39 is 23.7 Å². The number of hydrogen-bond acceptors (Lipinski definition) is 2. The van der Waals surface area contributed by atoms with Gasteiger partial charge in [-0.25, -0.2) is 0 Å². The van der Waals surface area contributed by atoms with Gasteiger partial charge in [-0.1, -0.05) is 18.5 Å². The molecule has 1 aliphatic rings. The van der Waals surface area contributed by atoms with Gasteiger partial charge in [0.2, 0.25) is 5.91 Å². The Labute approximate surface area is 136 Å². The number of amides is 2. The Kier molecular flexibility index (Phi) is 4.89. The number of likely N-dealkylation sites (N-methyl/N-ethyl adjacent to an activating group) is 1. The molecule has 1 heterocycles. The first-order valence-corrected chi connectivity index (χ1v) is 7.47. The van der Waals surface area contributed by atoms with Crippen LogP contribution < -0.4 is 0 Å². The highest BCUT2D eigenvalue weighted by Crippen LogP contribution is 2.32. The molecule has 1 aliphatic heterocycles. The van der Waals surface area contributed by atoms with Gasteiger partial charge in [0.1, 0.15) is 6.04 Å². The minimum absolute atomic E-state index is 0.0655. The molecule has 0 aromatic heterocycles. The molecule has 8 heteroatoms. The summed E-state index contributed by atoms with van der Waals surface area (Å²) in [6.07, 6.45) is -4.19. The summed E-state index contributed by atoms with van der Waals surface area (Å²) in [7, 11) is 1.63. The molecule has 1 aromatic carbocycles. The van der Waals surface area contributed by atoms with Crippen molar-refractivity contribution in [2.24, 2.45) is 0 Å². The number of rotatable bonds is 2. The molecule has 0 radical (unpaired) electrons. The predicted molar refractivity (Wildman–Crippen MR) is 79.2 cm³/mol. The fourth-order valence-corrected chi connectivity index (χ4v) is 2.77. The highest BCUT2D eigenvalue weighted by atomic mass is 35.5. The third kappa shape index (κ3) is 3.44. The fourth-order valence-electron chi connectivity index (χ4n) is 2.57. The molecule has 0 unspecified atom stereocenters. The lowest BCUT2D eigenvalue weighted by molar-refractivity contribution is -0.139. The van der Waals surface area contributed by atoms with Crippen LogP contribution in [0.25, 0.3) is 0 Å².